The van der Waals surface area contributed by atoms with Crippen LogP contribution in [0.25, 0.3) is 11.0 Å². The molecule has 0 aliphatic carbocycles. The minimum Gasteiger partial charge on any atom is -0.497 e. The molecule has 0 spiro atoms. The Labute approximate surface area is 110 Å². The lowest BCUT2D eigenvalue weighted by Crippen LogP contribution is -1.98. The van der Waals surface area contributed by atoms with Crippen LogP contribution in [0, 0.1) is 0 Å². The van der Waals surface area contributed by atoms with E-state index in [0.29, 0.717) is 12.5 Å². The van der Waals surface area contributed by atoms with Crippen molar-refractivity contribution < 1.29 is 9.47 Å². The van der Waals surface area contributed by atoms with Crippen LogP contribution in [0.15, 0.2) is 42.9 Å². The molecule has 0 aliphatic rings. The van der Waals surface area contributed by atoms with Gasteiger partial charge in [-0.1, -0.05) is 12.1 Å². The third-order valence-corrected chi connectivity index (χ3v) is 2.83. The van der Waals surface area contributed by atoms with E-state index >= 15 is 0 Å². The van der Waals surface area contributed by atoms with Gasteiger partial charge in [-0.05, 0) is 23.8 Å². The molecule has 0 aliphatic heterocycles. The fraction of sp³-hybridized carbons (Fsp3) is 0.143. The maximum Gasteiger partial charge on any atom is 0.226 e. The SMILES string of the molecule is COc1cccc(COc2ncnc3[nH]ccc23)c1. The molecule has 0 radical (unpaired) electrons. The van der Waals surface area contributed by atoms with Crippen LogP contribution in [0.3, 0.4) is 0 Å². The molecule has 1 aromatic carbocycles. The maximum absolute atomic E-state index is 5.74. The van der Waals surface area contributed by atoms with Gasteiger partial charge in [0.25, 0.3) is 0 Å². The monoisotopic (exact) mass is 255 g/mol. The summed E-state index contributed by atoms with van der Waals surface area (Å²) in [5.74, 6) is 1.39. The van der Waals surface area contributed by atoms with Crippen molar-refractivity contribution in [2.45, 2.75) is 6.61 Å². The number of H-pyrrole nitrogens is 1. The number of ether oxygens (including phenoxy) is 2. The van der Waals surface area contributed by atoms with Crippen molar-refractivity contribution in [1.29, 1.82) is 0 Å². The molecule has 5 heteroatoms. The second-order valence-corrected chi connectivity index (χ2v) is 4.06. The molecule has 0 saturated heterocycles. The number of aromatic amines is 1. The second-order valence-electron chi connectivity index (χ2n) is 4.06. The summed E-state index contributed by atoms with van der Waals surface area (Å²) in [4.78, 5) is 11.3. The molecule has 3 aromatic rings. The minimum atomic E-state index is 0.439. The number of methoxy groups -OCH3 is 1. The van der Waals surface area contributed by atoms with Crippen LogP contribution < -0.4 is 9.47 Å². The number of aromatic nitrogens is 3. The maximum atomic E-state index is 5.74. The van der Waals surface area contributed by atoms with Crippen LogP contribution in [0.2, 0.25) is 0 Å². The molecule has 2 heterocycles. The fourth-order valence-electron chi connectivity index (χ4n) is 1.88. The van der Waals surface area contributed by atoms with Crippen LogP contribution in [0.4, 0.5) is 0 Å². The molecule has 1 N–H and O–H groups in total. The minimum absolute atomic E-state index is 0.439. The third-order valence-electron chi connectivity index (χ3n) is 2.83. The Morgan fingerprint density at radius 3 is 3.05 bits per heavy atom. The van der Waals surface area contributed by atoms with Gasteiger partial charge in [-0.2, -0.15) is 0 Å². The van der Waals surface area contributed by atoms with E-state index in [1.165, 1.54) is 6.33 Å². The summed E-state index contributed by atoms with van der Waals surface area (Å²) in [6.07, 6.45) is 3.30. The van der Waals surface area contributed by atoms with Gasteiger partial charge < -0.3 is 14.5 Å². The van der Waals surface area contributed by atoms with Crippen molar-refractivity contribution in [1.82, 2.24) is 15.0 Å². The summed E-state index contributed by atoms with van der Waals surface area (Å²) in [6.45, 7) is 0.439. The zero-order valence-corrected chi connectivity index (χ0v) is 10.5. The lowest BCUT2D eigenvalue weighted by Gasteiger charge is -2.07. The van der Waals surface area contributed by atoms with Gasteiger partial charge in [-0.25, -0.2) is 9.97 Å². The normalized spacial score (nSPS) is 10.6. The highest BCUT2D eigenvalue weighted by molar-refractivity contribution is 5.80. The quantitative estimate of drug-likeness (QED) is 0.778. The molecule has 19 heavy (non-hydrogen) atoms. The number of nitrogens with zero attached hydrogens (tertiary/aromatic N) is 2. The molecule has 5 nitrogen and oxygen atoms in total. The Balaban J connectivity index is 1.80. The zero-order valence-electron chi connectivity index (χ0n) is 10.5. The van der Waals surface area contributed by atoms with Gasteiger partial charge in [0.2, 0.25) is 5.88 Å². The number of nitrogens with one attached hydrogen (secondary N) is 1. The van der Waals surface area contributed by atoms with Crippen LogP contribution in [0.5, 0.6) is 11.6 Å². The summed E-state index contributed by atoms with van der Waals surface area (Å²) >= 11 is 0. The number of hydrogen-bond acceptors (Lipinski definition) is 4. The van der Waals surface area contributed by atoms with Gasteiger partial charge >= 0.3 is 0 Å². The van der Waals surface area contributed by atoms with Crippen molar-refractivity contribution in [2.75, 3.05) is 7.11 Å². The Morgan fingerprint density at radius 2 is 2.16 bits per heavy atom. The van der Waals surface area contributed by atoms with Crippen molar-refractivity contribution in [3.63, 3.8) is 0 Å². The molecule has 2 aromatic heterocycles. The van der Waals surface area contributed by atoms with Crippen LogP contribution in [-0.4, -0.2) is 22.1 Å². The van der Waals surface area contributed by atoms with E-state index in [9.17, 15) is 0 Å². The average molecular weight is 255 g/mol. The number of hydrogen-bond donors (Lipinski definition) is 1. The summed E-state index contributed by atoms with van der Waals surface area (Å²) in [7, 11) is 1.65. The van der Waals surface area contributed by atoms with Gasteiger partial charge in [0.1, 0.15) is 24.3 Å². The molecule has 0 saturated carbocycles. The van der Waals surface area contributed by atoms with Gasteiger partial charge in [0.05, 0.1) is 12.5 Å². The van der Waals surface area contributed by atoms with Crippen LogP contribution in [0.1, 0.15) is 5.56 Å². The van der Waals surface area contributed by atoms with E-state index in [4.69, 9.17) is 9.47 Å². The Morgan fingerprint density at radius 1 is 1.21 bits per heavy atom. The third kappa shape index (κ3) is 2.35. The van der Waals surface area contributed by atoms with Crippen molar-refractivity contribution in [3.8, 4) is 11.6 Å². The predicted octanol–water partition coefficient (Wildman–Crippen LogP) is 2.55. The first-order chi connectivity index (χ1) is 9.36. The Hall–Kier alpha value is -2.56. The van der Waals surface area contributed by atoms with Gasteiger partial charge in [0.15, 0.2) is 0 Å². The highest BCUT2D eigenvalue weighted by Crippen LogP contribution is 2.21. The molecule has 0 unspecified atom stereocenters. The first kappa shape index (κ1) is 11.5. The predicted molar refractivity (Wildman–Crippen MR) is 71.2 cm³/mol. The average Bonchev–Trinajstić information content (AvgIpc) is 2.94. The van der Waals surface area contributed by atoms with Crippen molar-refractivity contribution >= 4 is 11.0 Å². The van der Waals surface area contributed by atoms with Crippen LogP contribution in [-0.2, 0) is 6.61 Å². The van der Waals surface area contributed by atoms with E-state index in [1.54, 1.807) is 7.11 Å². The molecule has 0 atom stereocenters. The summed E-state index contributed by atoms with van der Waals surface area (Å²) in [5, 5.41) is 0.880. The molecule has 96 valence electrons. The molecule has 0 fully saturated rings. The summed E-state index contributed by atoms with van der Waals surface area (Å²) in [5.41, 5.74) is 1.80. The standard InChI is InChI=1S/C14H13N3O2/c1-18-11-4-2-3-10(7-11)8-19-14-12-5-6-15-13(12)16-9-17-14/h2-7,9H,8H2,1H3,(H,15,16,17). The first-order valence-electron chi connectivity index (χ1n) is 5.90. The second kappa shape index (κ2) is 4.97. The summed E-state index contributed by atoms with van der Waals surface area (Å²) in [6, 6.07) is 9.66. The van der Waals surface area contributed by atoms with Crippen molar-refractivity contribution in [2.24, 2.45) is 0 Å². The Bertz CT molecular complexity index is 694. The molecule has 0 bridgehead atoms. The van der Waals surface area contributed by atoms with Crippen molar-refractivity contribution in [3.05, 3.63) is 48.4 Å². The number of fused-ring (bicyclic) bond motifs is 1. The largest absolute Gasteiger partial charge is 0.497 e. The summed E-state index contributed by atoms with van der Waals surface area (Å²) < 4.78 is 10.9. The molecule has 3 rings (SSSR count). The Kier molecular flexibility index (Phi) is 3.02. The van der Waals surface area contributed by atoms with E-state index in [0.717, 1.165) is 22.3 Å². The fourth-order valence-corrected chi connectivity index (χ4v) is 1.88. The lowest BCUT2D eigenvalue weighted by molar-refractivity contribution is 0.296. The number of benzene rings is 1. The lowest BCUT2D eigenvalue weighted by atomic mass is 10.2. The van der Waals surface area contributed by atoms with Crippen LogP contribution >= 0.6 is 0 Å². The highest BCUT2D eigenvalue weighted by Gasteiger charge is 2.05. The number of rotatable bonds is 4. The smallest absolute Gasteiger partial charge is 0.226 e. The van der Waals surface area contributed by atoms with Gasteiger partial charge in [-0.3, -0.25) is 0 Å². The molecule has 0 amide bonds. The van der Waals surface area contributed by atoms with Gasteiger partial charge in [-0.15, -0.1) is 0 Å². The van der Waals surface area contributed by atoms with E-state index in [-0.39, 0.29) is 0 Å². The highest BCUT2D eigenvalue weighted by atomic mass is 16.5. The topological polar surface area (TPSA) is 60.0 Å². The van der Waals surface area contributed by atoms with E-state index < -0.39 is 0 Å². The molecular weight excluding hydrogens is 242 g/mol. The zero-order chi connectivity index (χ0) is 13.1. The first-order valence-corrected chi connectivity index (χ1v) is 5.90. The van der Waals surface area contributed by atoms with E-state index in [2.05, 4.69) is 15.0 Å². The van der Waals surface area contributed by atoms with Gasteiger partial charge in [0, 0.05) is 6.20 Å². The molecular formula is C14H13N3O2. The van der Waals surface area contributed by atoms with E-state index in [1.807, 2.05) is 36.5 Å².